The topological polar surface area (TPSA) is 348 Å². The van der Waals surface area contributed by atoms with Crippen molar-refractivity contribution in [3.8, 4) is 11.8 Å². The summed E-state index contributed by atoms with van der Waals surface area (Å²) in [6.45, 7) is 6.86. The maximum absolute atomic E-state index is 14.1. The predicted molar refractivity (Wildman–Crippen MR) is 348 cm³/mol. The Morgan fingerprint density at radius 1 is 0.734 bits per heavy atom. The first-order chi connectivity index (χ1) is 44.7. The third kappa shape index (κ3) is 25.3. The molecule has 3 saturated heterocycles. The highest BCUT2D eigenvalue weighted by Gasteiger charge is 2.47. The van der Waals surface area contributed by atoms with Gasteiger partial charge in [0.2, 0.25) is 35.4 Å². The van der Waals surface area contributed by atoms with E-state index in [9.17, 15) is 77.3 Å². The number of nitrogens with one attached hydrogen (secondary N) is 4. The number of hydrogen-bond acceptors (Lipinski definition) is 18. The molecule has 0 bridgehead atoms. The van der Waals surface area contributed by atoms with Crippen molar-refractivity contribution in [2.75, 3.05) is 138 Å². The lowest BCUT2D eigenvalue weighted by molar-refractivity contribution is -0.144. The summed E-state index contributed by atoms with van der Waals surface area (Å²) in [6.07, 6.45) is 3.94. The molecule has 4 heterocycles. The lowest BCUT2D eigenvalue weighted by Gasteiger charge is -2.39. The lowest BCUT2D eigenvalue weighted by atomic mass is 9.81. The van der Waals surface area contributed by atoms with Crippen LogP contribution in [0.2, 0.25) is 0 Å². The van der Waals surface area contributed by atoms with Gasteiger partial charge in [0, 0.05) is 131 Å². The summed E-state index contributed by atoms with van der Waals surface area (Å²) in [5, 5.41) is 49.3. The fourth-order valence-electron chi connectivity index (χ4n) is 11.7. The first kappa shape index (κ1) is 75.5. The number of likely N-dealkylation sites (tertiary alicyclic amines) is 1. The summed E-state index contributed by atoms with van der Waals surface area (Å²) in [4.78, 5) is 146. The highest BCUT2D eigenvalue weighted by molar-refractivity contribution is 14.1. The number of unbranched alkanes of at least 4 members (excludes halogenated alkanes) is 1. The standard InChI is InChI=1S/C64H88F2IN13O14/c1-44(35-63(2,3)62(93)79-31-29-74(30-32-79)20-7-33-94-48-15-16-51-50(34-48)49(17-19-69-51)60(91)71-38-55(83)80-43-64(65,66)36-47(80)37-68)59(90)73-61(92)52(9-4-5-18-70-53(81)10-6-8-45-11-13-46(67)14-12-45)72-54(82)39-75-21-23-76(40-56(84)85)25-27-78(42-58(88)89)28-26-77(24-22-75)41-57(86)87/h11-17,19,34,44,47,52H,4-10,18,20-33,35-36,38-43H2,1-3H3,(H,70,81)(H,71,91)(H,72,82)(H,84,85)(H,86,87)(H,88,89)(H,73,90,92)/t44?,47-,52+/m1/s1. The van der Waals surface area contributed by atoms with Gasteiger partial charge in [-0.1, -0.05) is 32.9 Å². The molecule has 6 rings (SSSR count). The second-order valence-corrected chi connectivity index (χ2v) is 26.1. The van der Waals surface area contributed by atoms with Crippen LogP contribution in [0.3, 0.4) is 0 Å². The molecular weight excluding hydrogens is 1340 g/mol. The molecule has 2 aromatic carbocycles. The average molecular weight is 1430 g/mol. The second kappa shape index (κ2) is 36.9. The number of rotatable bonds is 31. The number of hydrogen-bond donors (Lipinski definition) is 7. The second-order valence-electron chi connectivity index (χ2n) is 24.9. The van der Waals surface area contributed by atoms with Crippen molar-refractivity contribution in [3.05, 3.63) is 69.4 Å². The van der Waals surface area contributed by atoms with Crippen molar-refractivity contribution in [1.29, 1.82) is 5.26 Å². The monoisotopic (exact) mass is 1430 g/mol. The van der Waals surface area contributed by atoms with E-state index in [2.05, 4.69) is 53.7 Å². The van der Waals surface area contributed by atoms with E-state index in [0.29, 0.717) is 94.6 Å². The normalized spacial score (nSPS) is 17.9. The smallest absolute Gasteiger partial charge is 0.317 e. The third-order valence-corrected chi connectivity index (χ3v) is 17.5. The van der Waals surface area contributed by atoms with Crippen molar-refractivity contribution < 1.29 is 76.8 Å². The Morgan fingerprint density at radius 2 is 1.32 bits per heavy atom. The van der Waals surface area contributed by atoms with Crippen LogP contribution in [0.1, 0.15) is 88.1 Å². The van der Waals surface area contributed by atoms with Crippen LogP contribution in [0.15, 0.2) is 54.7 Å². The Bertz CT molecular complexity index is 3140. The molecule has 3 fully saturated rings. The molecule has 3 aliphatic heterocycles. The number of alkyl halides is 2. The fraction of sp³-hybridized carbons (Fsp3) is 0.594. The number of pyridine rings is 1. The lowest BCUT2D eigenvalue weighted by Crippen LogP contribution is -2.54. The maximum Gasteiger partial charge on any atom is 0.317 e. The van der Waals surface area contributed by atoms with E-state index in [1.54, 1.807) is 69.5 Å². The van der Waals surface area contributed by atoms with E-state index in [4.69, 9.17) is 4.74 Å². The molecule has 7 amide bonds. The summed E-state index contributed by atoms with van der Waals surface area (Å²) in [6, 6.07) is 13.8. The molecule has 1 unspecified atom stereocenters. The molecule has 3 aliphatic rings. The number of carbonyl (C=O) groups excluding carboxylic acids is 7. The van der Waals surface area contributed by atoms with Gasteiger partial charge in [0.05, 0.1) is 63.0 Å². The van der Waals surface area contributed by atoms with Gasteiger partial charge in [-0.15, -0.1) is 0 Å². The number of ether oxygens (including phenoxy) is 1. The molecule has 0 saturated carbocycles. The van der Waals surface area contributed by atoms with Crippen molar-refractivity contribution in [2.24, 2.45) is 11.3 Å². The van der Waals surface area contributed by atoms with Crippen LogP contribution in [0.5, 0.6) is 5.75 Å². The van der Waals surface area contributed by atoms with Crippen LogP contribution < -0.4 is 26.0 Å². The number of imide groups is 1. The van der Waals surface area contributed by atoms with Gasteiger partial charge in [0.15, 0.2) is 0 Å². The molecule has 27 nitrogen and oxygen atoms in total. The number of carboxylic acid groups (broad SMARTS) is 3. The highest BCUT2D eigenvalue weighted by Crippen LogP contribution is 2.32. The molecule has 3 atom stereocenters. The van der Waals surface area contributed by atoms with E-state index in [0.717, 1.165) is 20.5 Å². The minimum Gasteiger partial charge on any atom is -0.494 e. The number of fused-ring (bicyclic) bond motifs is 1. The van der Waals surface area contributed by atoms with E-state index in [-0.39, 0.29) is 109 Å². The minimum atomic E-state index is -3.19. The molecule has 30 heteroatoms. The SMILES string of the molecule is CC(CC(C)(C)C(=O)N1CCN(CCCOc2ccc3nccc(C(=O)NCC(=O)N4CC(F)(F)C[C@@H]4C#N)c3c2)CC1)C(=O)NC(=O)[C@H](CCCCNC(=O)CCCc1ccc(I)cc1)NC(=O)CN1CCN(CC(=O)O)CCN(CC(=O)O)CCN(CC(=O)O)CC1. The summed E-state index contributed by atoms with van der Waals surface area (Å²) in [7, 11) is 0. The molecule has 0 aliphatic carbocycles. The molecule has 1 aromatic heterocycles. The molecule has 514 valence electrons. The van der Waals surface area contributed by atoms with Crippen molar-refractivity contribution >= 4 is 92.8 Å². The number of benzene rings is 2. The summed E-state index contributed by atoms with van der Waals surface area (Å²) in [5.74, 6) is -10.6. The zero-order valence-electron chi connectivity index (χ0n) is 53.6. The first-order valence-electron chi connectivity index (χ1n) is 31.8. The number of piperazine rings is 1. The predicted octanol–water partition coefficient (Wildman–Crippen LogP) is 2.21. The number of aromatic nitrogens is 1. The Kier molecular flexibility index (Phi) is 29.6. The molecular formula is C64H88F2IN13O14. The van der Waals surface area contributed by atoms with Gasteiger partial charge in [-0.05, 0) is 109 Å². The number of nitriles is 1. The quantitative estimate of drug-likeness (QED) is 0.0359. The minimum absolute atomic E-state index is 0.0805. The molecule has 94 heavy (non-hydrogen) atoms. The Labute approximate surface area is 559 Å². The van der Waals surface area contributed by atoms with Crippen LogP contribution in [0, 0.1) is 26.2 Å². The Morgan fingerprint density at radius 3 is 1.90 bits per heavy atom. The fourth-order valence-corrected chi connectivity index (χ4v) is 12.1. The van der Waals surface area contributed by atoms with Crippen LogP contribution in [-0.4, -0.2) is 269 Å². The zero-order valence-corrected chi connectivity index (χ0v) is 55.8. The number of aliphatic carboxylic acids is 3. The van der Waals surface area contributed by atoms with Gasteiger partial charge in [-0.3, -0.25) is 82.7 Å². The van der Waals surface area contributed by atoms with Gasteiger partial charge in [0.25, 0.3) is 11.8 Å². The van der Waals surface area contributed by atoms with Gasteiger partial charge >= 0.3 is 17.9 Å². The number of halogens is 3. The number of aryl methyl sites for hydroxylation is 1. The van der Waals surface area contributed by atoms with Crippen LogP contribution >= 0.6 is 22.6 Å². The van der Waals surface area contributed by atoms with E-state index >= 15 is 0 Å². The third-order valence-electron chi connectivity index (χ3n) is 16.8. The molecule has 0 spiro atoms. The zero-order chi connectivity index (χ0) is 68.5. The van der Waals surface area contributed by atoms with Gasteiger partial charge < -0.3 is 45.8 Å². The van der Waals surface area contributed by atoms with E-state index < -0.39 is 96.3 Å². The molecule has 3 aromatic rings. The van der Waals surface area contributed by atoms with Gasteiger partial charge in [-0.25, -0.2) is 8.78 Å². The summed E-state index contributed by atoms with van der Waals surface area (Å²) < 4.78 is 35.1. The first-order valence-corrected chi connectivity index (χ1v) is 32.8. The molecule has 0 radical (unpaired) electrons. The van der Waals surface area contributed by atoms with Crippen LogP contribution in [0.25, 0.3) is 10.9 Å². The Hall–Kier alpha value is -7.57. The molecule has 7 N–H and O–H groups in total. The van der Waals surface area contributed by atoms with Crippen molar-refractivity contribution in [3.63, 3.8) is 0 Å². The van der Waals surface area contributed by atoms with Crippen molar-refractivity contribution in [2.45, 2.75) is 96.6 Å². The van der Waals surface area contributed by atoms with Crippen LogP contribution in [0.4, 0.5) is 8.78 Å². The summed E-state index contributed by atoms with van der Waals surface area (Å²) >= 11 is 2.23. The Balaban J connectivity index is 0.996. The highest BCUT2D eigenvalue weighted by atomic mass is 127. The largest absolute Gasteiger partial charge is 0.494 e. The van der Waals surface area contributed by atoms with Crippen LogP contribution in [-0.2, 0) is 49.6 Å². The van der Waals surface area contributed by atoms with Gasteiger partial charge in [0.1, 0.15) is 17.8 Å². The number of nitrogens with zero attached hydrogens (tertiary/aromatic N) is 9. The van der Waals surface area contributed by atoms with E-state index in [1.165, 1.54) is 12.3 Å². The number of carboxylic acids is 3. The number of amides is 7. The van der Waals surface area contributed by atoms with E-state index in [1.807, 2.05) is 24.3 Å². The maximum atomic E-state index is 14.1. The van der Waals surface area contributed by atoms with Crippen molar-refractivity contribution in [1.82, 2.24) is 60.6 Å². The summed E-state index contributed by atoms with van der Waals surface area (Å²) in [5.41, 5.74) is 0.759. The van der Waals surface area contributed by atoms with Gasteiger partial charge in [-0.2, -0.15) is 5.26 Å². The average Bonchev–Trinajstić information content (AvgIpc) is 1.15. The number of carbonyl (C=O) groups is 10.